The van der Waals surface area contributed by atoms with Crippen LogP contribution in [-0.4, -0.2) is 55.2 Å². The maximum absolute atomic E-state index is 13.6. The number of hydrogen-bond acceptors (Lipinski definition) is 8. The lowest BCUT2D eigenvalue weighted by Crippen LogP contribution is -2.55. The van der Waals surface area contributed by atoms with Gasteiger partial charge < -0.3 is 35.3 Å². The lowest BCUT2D eigenvalue weighted by molar-refractivity contribution is -0.156. The second kappa shape index (κ2) is 13.7. The van der Waals surface area contributed by atoms with E-state index in [1.807, 2.05) is 0 Å². The maximum Gasteiger partial charge on any atom is 0.311 e. The summed E-state index contributed by atoms with van der Waals surface area (Å²) in [7, 11) is 3.08. The first kappa shape index (κ1) is 30.9. The largest absolute Gasteiger partial charge is 0.508 e. The van der Waals surface area contributed by atoms with Crippen molar-refractivity contribution in [3.05, 3.63) is 83.4 Å². The predicted molar refractivity (Wildman–Crippen MR) is 158 cm³/mol. The molecular formula is C32H35N3O8. The summed E-state index contributed by atoms with van der Waals surface area (Å²) in [5.74, 6) is -1.44. The van der Waals surface area contributed by atoms with Gasteiger partial charge >= 0.3 is 5.97 Å². The lowest BCUT2D eigenvalue weighted by Gasteiger charge is -2.34. The number of fused-ring (bicyclic) bond motifs is 1. The summed E-state index contributed by atoms with van der Waals surface area (Å²) in [5, 5.41) is 18.4. The van der Waals surface area contributed by atoms with Crippen molar-refractivity contribution >= 4 is 29.4 Å². The molecular weight excluding hydrogens is 554 g/mol. The summed E-state index contributed by atoms with van der Waals surface area (Å²) >= 11 is 0. The molecule has 4 N–H and O–H groups in total. The highest BCUT2D eigenvalue weighted by Gasteiger charge is 2.41. The van der Waals surface area contributed by atoms with Gasteiger partial charge in [-0.3, -0.25) is 19.2 Å². The first-order chi connectivity index (χ1) is 20.6. The molecule has 0 saturated carbocycles. The minimum absolute atomic E-state index is 0.0363. The van der Waals surface area contributed by atoms with Crippen LogP contribution in [0.25, 0.3) is 0 Å². The van der Waals surface area contributed by atoms with Crippen molar-refractivity contribution in [1.82, 2.24) is 10.6 Å². The van der Waals surface area contributed by atoms with Gasteiger partial charge in [0.2, 0.25) is 17.9 Å². The van der Waals surface area contributed by atoms with Crippen molar-refractivity contribution in [3.8, 4) is 17.2 Å². The Kier molecular flexibility index (Phi) is 9.87. The summed E-state index contributed by atoms with van der Waals surface area (Å²) in [6, 6.07) is 16.0. The third-order valence-corrected chi connectivity index (χ3v) is 7.04. The number of phenolic OH excluding ortho intramolecular Hbond substituents is 1. The highest BCUT2D eigenvalue weighted by Crippen LogP contribution is 2.35. The zero-order chi connectivity index (χ0) is 31.1. The van der Waals surface area contributed by atoms with E-state index in [4.69, 9.17) is 14.2 Å². The van der Waals surface area contributed by atoms with Crippen LogP contribution in [0, 0.1) is 5.92 Å². The number of amides is 3. The molecule has 0 aliphatic carbocycles. The molecule has 0 radical (unpaired) electrons. The van der Waals surface area contributed by atoms with E-state index in [0.29, 0.717) is 28.3 Å². The van der Waals surface area contributed by atoms with E-state index in [1.54, 1.807) is 69.5 Å². The summed E-state index contributed by atoms with van der Waals surface area (Å²) in [6.07, 6.45) is -1.53. The molecule has 0 aromatic heterocycles. The topological polar surface area (TPSA) is 152 Å². The first-order valence-corrected chi connectivity index (χ1v) is 13.8. The number of hydrogen-bond donors (Lipinski definition) is 4. The molecule has 3 amide bonds. The van der Waals surface area contributed by atoms with Gasteiger partial charge in [0.05, 0.1) is 27.1 Å². The van der Waals surface area contributed by atoms with Crippen molar-refractivity contribution < 1.29 is 38.5 Å². The second-order valence-electron chi connectivity index (χ2n) is 10.5. The van der Waals surface area contributed by atoms with Crippen LogP contribution in [0.5, 0.6) is 17.2 Å². The number of rotatable bonds is 11. The van der Waals surface area contributed by atoms with Gasteiger partial charge in [-0.05, 0) is 59.5 Å². The number of aromatic hydroxyl groups is 1. The maximum atomic E-state index is 13.6. The highest BCUT2D eigenvalue weighted by molar-refractivity contribution is 6.00. The standard InChI is InChI=1S/C32H35N3O8/c1-18(2)28(34-26(37)15-19-5-10-22(41-3)11-6-19)31(39)35-29-24-17-21(36)9-14-25(24)33-32(40)30(29)43-27(38)16-20-7-12-23(42-4)13-8-20/h5-14,17-18,28-30,36H,15-16H2,1-4H3,(H,33,40)(H,34,37)(H,35,39)/t28-,29-,30+/m0/s1. The molecule has 0 fully saturated rings. The van der Waals surface area contributed by atoms with Gasteiger partial charge in [0.1, 0.15) is 29.3 Å². The molecule has 3 atom stereocenters. The van der Waals surface area contributed by atoms with Crippen LogP contribution >= 0.6 is 0 Å². The normalized spacial score (nSPS) is 16.3. The SMILES string of the molecule is COc1ccc(CC(=O)N[C@H](C(=O)N[C@H]2c3cc(O)ccc3NC(=O)[C@@H]2OC(=O)Cc2ccc(OC)cc2)C(C)C)cc1. The van der Waals surface area contributed by atoms with E-state index in [2.05, 4.69) is 16.0 Å². The molecule has 226 valence electrons. The number of benzene rings is 3. The fourth-order valence-corrected chi connectivity index (χ4v) is 4.74. The fraction of sp³-hybridized carbons (Fsp3) is 0.312. The molecule has 0 unspecified atom stereocenters. The minimum Gasteiger partial charge on any atom is -0.508 e. The van der Waals surface area contributed by atoms with Gasteiger partial charge in [-0.1, -0.05) is 38.1 Å². The second-order valence-corrected chi connectivity index (χ2v) is 10.5. The molecule has 1 aliphatic rings. The van der Waals surface area contributed by atoms with Gasteiger partial charge in [-0.25, -0.2) is 0 Å². The quantitative estimate of drug-likeness (QED) is 0.197. The van der Waals surface area contributed by atoms with Crippen molar-refractivity contribution in [1.29, 1.82) is 0 Å². The Balaban J connectivity index is 1.52. The Labute approximate surface area is 249 Å². The Morgan fingerprint density at radius 2 is 1.47 bits per heavy atom. The Bertz CT molecular complexity index is 1470. The van der Waals surface area contributed by atoms with Crippen molar-refractivity contribution in [2.24, 2.45) is 5.92 Å². The number of ether oxygens (including phenoxy) is 3. The van der Waals surface area contributed by atoms with Gasteiger partial charge in [-0.15, -0.1) is 0 Å². The van der Waals surface area contributed by atoms with Gasteiger partial charge in [0.25, 0.3) is 5.91 Å². The number of esters is 1. The minimum atomic E-state index is -1.44. The average Bonchev–Trinajstić information content (AvgIpc) is 2.98. The zero-order valence-corrected chi connectivity index (χ0v) is 24.4. The zero-order valence-electron chi connectivity index (χ0n) is 24.4. The molecule has 11 nitrogen and oxygen atoms in total. The van der Waals surface area contributed by atoms with Crippen LogP contribution in [0.3, 0.4) is 0 Å². The molecule has 3 aromatic rings. The molecule has 1 heterocycles. The number of methoxy groups -OCH3 is 2. The Hall–Kier alpha value is -5.06. The van der Waals surface area contributed by atoms with Crippen LogP contribution in [0.1, 0.15) is 36.6 Å². The molecule has 43 heavy (non-hydrogen) atoms. The highest BCUT2D eigenvalue weighted by atomic mass is 16.5. The molecule has 0 saturated heterocycles. The van der Waals surface area contributed by atoms with E-state index >= 15 is 0 Å². The van der Waals surface area contributed by atoms with Gasteiger partial charge in [-0.2, -0.15) is 0 Å². The smallest absolute Gasteiger partial charge is 0.311 e. The lowest BCUT2D eigenvalue weighted by atomic mass is 9.93. The summed E-state index contributed by atoms with van der Waals surface area (Å²) in [5.41, 5.74) is 2.07. The monoisotopic (exact) mass is 589 g/mol. The number of nitrogens with one attached hydrogen (secondary N) is 3. The van der Waals surface area contributed by atoms with Crippen LogP contribution in [0.15, 0.2) is 66.7 Å². The third kappa shape index (κ3) is 7.82. The molecule has 0 spiro atoms. The number of phenols is 1. The van der Waals surface area contributed by atoms with Crippen LogP contribution in [0.4, 0.5) is 5.69 Å². The van der Waals surface area contributed by atoms with Crippen LogP contribution in [-0.2, 0) is 36.8 Å². The van der Waals surface area contributed by atoms with E-state index in [-0.39, 0.29) is 30.4 Å². The van der Waals surface area contributed by atoms with Gasteiger partial charge in [0, 0.05) is 11.3 Å². The summed E-state index contributed by atoms with van der Waals surface area (Å²) in [6.45, 7) is 3.55. The van der Waals surface area contributed by atoms with E-state index in [1.165, 1.54) is 25.3 Å². The predicted octanol–water partition coefficient (Wildman–Crippen LogP) is 3.06. The first-order valence-electron chi connectivity index (χ1n) is 13.8. The molecule has 4 rings (SSSR count). The molecule has 11 heteroatoms. The summed E-state index contributed by atoms with van der Waals surface area (Å²) in [4.78, 5) is 52.6. The molecule has 3 aromatic carbocycles. The summed E-state index contributed by atoms with van der Waals surface area (Å²) < 4.78 is 15.9. The van der Waals surface area contributed by atoms with E-state index in [9.17, 15) is 24.3 Å². The van der Waals surface area contributed by atoms with Crippen molar-refractivity contribution in [3.63, 3.8) is 0 Å². The Morgan fingerprint density at radius 3 is 2.02 bits per heavy atom. The molecule has 0 bridgehead atoms. The van der Waals surface area contributed by atoms with E-state index in [0.717, 1.165) is 5.56 Å². The van der Waals surface area contributed by atoms with E-state index < -0.39 is 36.0 Å². The number of anilines is 1. The third-order valence-electron chi connectivity index (χ3n) is 7.04. The average molecular weight is 590 g/mol. The van der Waals surface area contributed by atoms with Crippen molar-refractivity contribution in [2.75, 3.05) is 19.5 Å². The molecule has 1 aliphatic heterocycles. The van der Waals surface area contributed by atoms with Gasteiger partial charge in [0.15, 0.2) is 0 Å². The van der Waals surface area contributed by atoms with Crippen molar-refractivity contribution in [2.45, 2.75) is 44.9 Å². The fourth-order valence-electron chi connectivity index (χ4n) is 4.74. The Morgan fingerprint density at radius 1 is 0.884 bits per heavy atom. The van der Waals surface area contributed by atoms with Crippen LogP contribution < -0.4 is 25.4 Å². The number of carbonyl (C=O) groups excluding carboxylic acids is 4. The number of carbonyl (C=O) groups is 4. The van der Waals surface area contributed by atoms with Crippen LogP contribution in [0.2, 0.25) is 0 Å².